The Labute approximate surface area is 75.1 Å². The van der Waals surface area contributed by atoms with Gasteiger partial charge in [-0.2, -0.15) is 0 Å². The van der Waals surface area contributed by atoms with Crippen molar-refractivity contribution in [2.24, 2.45) is 11.8 Å². The van der Waals surface area contributed by atoms with Gasteiger partial charge < -0.3 is 0 Å². The molecule has 0 aromatic heterocycles. The van der Waals surface area contributed by atoms with E-state index in [0.717, 1.165) is 6.42 Å². The van der Waals surface area contributed by atoms with Crippen LogP contribution in [0.25, 0.3) is 0 Å². The molecule has 11 heavy (non-hydrogen) atoms. The van der Waals surface area contributed by atoms with E-state index in [4.69, 9.17) is 11.6 Å². The number of carbonyl (C=O) groups is 1. The topological polar surface area (TPSA) is 17.1 Å². The van der Waals surface area contributed by atoms with E-state index >= 15 is 0 Å². The molecule has 0 bridgehead atoms. The Bertz CT molecular complexity index is 102. The molecule has 68 valence electrons. The van der Waals surface area contributed by atoms with Crippen molar-refractivity contribution in [3.63, 3.8) is 0 Å². The molecule has 0 heterocycles. The minimum Gasteiger partial charge on any atom is -0.281 e. The van der Waals surface area contributed by atoms with Crippen molar-refractivity contribution in [3.8, 4) is 0 Å². The molecule has 2 heteroatoms. The number of rotatable bonds is 1. The molecule has 0 saturated heterocycles. The van der Waals surface area contributed by atoms with E-state index in [-0.39, 0.29) is 11.2 Å². The normalized spacial score (nSPS) is 25.3. The second kappa shape index (κ2) is 8.06. The molecule has 1 aliphatic carbocycles. The molecule has 1 saturated carbocycles. The fourth-order valence-electron chi connectivity index (χ4n) is 0.638. The van der Waals surface area contributed by atoms with Gasteiger partial charge in [-0.15, -0.1) is 0 Å². The third-order valence-corrected chi connectivity index (χ3v) is 1.68. The summed E-state index contributed by atoms with van der Waals surface area (Å²) in [6.45, 7) is 10.0. The van der Waals surface area contributed by atoms with Crippen molar-refractivity contribution >= 4 is 16.8 Å². The fourth-order valence-corrected chi connectivity index (χ4v) is 0.942. The largest absolute Gasteiger partial charge is 0.281 e. The highest BCUT2D eigenvalue weighted by Gasteiger charge is 2.37. The van der Waals surface area contributed by atoms with Crippen molar-refractivity contribution in [1.82, 2.24) is 0 Å². The average molecular weight is 179 g/mol. The summed E-state index contributed by atoms with van der Waals surface area (Å²) in [5, 5.41) is -0.160. The molecule has 0 radical (unpaired) electrons. The SMILES string of the molecule is CC.CC.CC1CC1C(=O)Cl. The lowest BCUT2D eigenvalue weighted by Gasteiger charge is -1.77. The van der Waals surface area contributed by atoms with Crippen molar-refractivity contribution < 1.29 is 4.79 Å². The number of hydrogen-bond donors (Lipinski definition) is 0. The summed E-state index contributed by atoms with van der Waals surface area (Å²) >= 11 is 5.13. The van der Waals surface area contributed by atoms with E-state index in [1.807, 2.05) is 34.6 Å². The maximum Gasteiger partial charge on any atom is 0.224 e. The summed E-state index contributed by atoms with van der Waals surface area (Å²) in [7, 11) is 0. The Kier molecular flexibility index (Phi) is 9.92. The van der Waals surface area contributed by atoms with Gasteiger partial charge in [0.05, 0.1) is 0 Å². The first-order valence-electron chi connectivity index (χ1n) is 4.41. The second-order valence-electron chi connectivity index (χ2n) is 2.12. The summed E-state index contributed by atoms with van der Waals surface area (Å²) in [5.74, 6) is 0.756. The first kappa shape index (κ1) is 13.5. The van der Waals surface area contributed by atoms with Gasteiger partial charge in [0.1, 0.15) is 0 Å². The van der Waals surface area contributed by atoms with Crippen LogP contribution in [0, 0.1) is 11.8 Å². The standard InChI is InChI=1S/C5H7ClO.2C2H6/c1-3-2-4(3)5(6)7;2*1-2/h3-4H,2H2,1H3;2*1-2H3. The number of halogens is 1. The Morgan fingerprint density at radius 3 is 1.55 bits per heavy atom. The molecule has 1 fully saturated rings. The van der Waals surface area contributed by atoms with Gasteiger partial charge in [0.15, 0.2) is 0 Å². The molecule has 0 aromatic rings. The number of hydrogen-bond acceptors (Lipinski definition) is 1. The summed E-state index contributed by atoms with van der Waals surface area (Å²) in [4.78, 5) is 10.2. The first-order chi connectivity index (χ1) is 5.22. The third kappa shape index (κ3) is 6.36. The van der Waals surface area contributed by atoms with Crippen LogP contribution >= 0.6 is 11.6 Å². The second-order valence-corrected chi connectivity index (χ2v) is 2.50. The minimum absolute atomic E-state index is 0.160. The fraction of sp³-hybridized carbons (Fsp3) is 0.889. The lowest BCUT2D eigenvalue weighted by atomic mass is 10.4. The van der Waals surface area contributed by atoms with Crippen molar-refractivity contribution in [3.05, 3.63) is 0 Å². The molecule has 0 spiro atoms. The Balaban J connectivity index is 0. The Hall–Kier alpha value is -0.0400. The lowest BCUT2D eigenvalue weighted by molar-refractivity contribution is -0.112. The van der Waals surface area contributed by atoms with Gasteiger partial charge in [0.2, 0.25) is 5.24 Å². The summed E-state index contributed by atoms with van der Waals surface area (Å²) in [6, 6.07) is 0. The van der Waals surface area contributed by atoms with E-state index in [9.17, 15) is 4.79 Å². The lowest BCUT2D eigenvalue weighted by Crippen LogP contribution is -1.87. The maximum absolute atomic E-state index is 10.2. The molecule has 1 aliphatic rings. The quantitative estimate of drug-likeness (QED) is 0.562. The van der Waals surface area contributed by atoms with Crippen LogP contribution in [0.15, 0.2) is 0 Å². The zero-order valence-electron chi connectivity index (χ0n) is 8.15. The van der Waals surface area contributed by atoms with E-state index in [1.54, 1.807) is 0 Å². The van der Waals surface area contributed by atoms with E-state index in [2.05, 4.69) is 0 Å². The third-order valence-electron chi connectivity index (χ3n) is 1.40. The van der Waals surface area contributed by atoms with Crippen LogP contribution in [0.3, 0.4) is 0 Å². The van der Waals surface area contributed by atoms with E-state index in [0.29, 0.717) is 5.92 Å². The van der Waals surface area contributed by atoms with Crippen LogP contribution in [-0.2, 0) is 4.79 Å². The maximum atomic E-state index is 10.2. The Morgan fingerprint density at radius 1 is 1.27 bits per heavy atom. The molecule has 0 aromatic carbocycles. The predicted molar refractivity (Wildman–Crippen MR) is 50.8 cm³/mol. The molecular weight excluding hydrogens is 160 g/mol. The van der Waals surface area contributed by atoms with Gasteiger partial charge in [0, 0.05) is 5.92 Å². The minimum atomic E-state index is -0.160. The van der Waals surface area contributed by atoms with Crippen LogP contribution in [-0.4, -0.2) is 5.24 Å². The van der Waals surface area contributed by atoms with Gasteiger partial charge in [-0.25, -0.2) is 0 Å². The van der Waals surface area contributed by atoms with Crippen LogP contribution in [0.2, 0.25) is 0 Å². The van der Waals surface area contributed by atoms with Crippen molar-refractivity contribution in [2.45, 2.75) is 41.0 Å². The summed E-state index contributed by atoms with van der Waals surface area (Å²) in [6.07, 6.45) is 1.00. The van der Waals surface area contributed by atoms with E-state index < -0.39 is 0 Å². The van der Waals surface area contributed by atoms with Gasteiger partial charge in [-0.1, -0.05) is 34.6 Å². The molecule has 0 aliphatic heterocycles. The Morgan fingerprint density at radius 2 is 1.55 bits per heavy atom. The molecule has 2 unspecified atom stereocenters. The molecule has 1 nitrogen and oxygen atoms in total. The molecular formula is C9H19ClO. The first-order valence-corrected chi connectivity index (χ1v) is 4.79. The van der Waals surface area contributed by atoms with Crippen molar-refractivity contribution in [2.75, 3.05) is 0 Å². The van der Waals surface area contributed by atoms with Crippen LogP contribution in [0.1, 0.15) is 41.0 Å². The zero-order chi connectivity index (χ0) is 9.44. The average Bonchev–Trinajstić information content (AvgIpc) is 2.75. The highest BCUT2D eigenvalue weighted by atomic mass is 35.5. The highest BCUT2D eigenvalue weighted by molar-refractivity contribution is 6.64. The van der Waals surface area contributed by atoms with Gasteiger partial charge in [-0.3, -0.25) is 4.79 Å². The van der Waals surface area contributed by atoms with Crippen molar-refractivity contribution in [1.29, 1.82) is 0 Å². The van der Waals surface area contributed by atoms with Crippen LogP contribution in [0.5, 0.6) is 0 Å². The monoisotopic (exact) mass is 178 g/mol. The number of carbonyl (C=O) groups excluding carboxylic acids is 1. The van der Waals surface area contributed by atoms with Gasteiger partial charge >= 0.3 is 0 Å². The summed E-state index contributed by atoms with van der Waals surface area (Å²) < 4.78 is 0. The van der Waals surface area contributed by atoms with Crippen LogP contribution < -0.4 is 0 Å². The molecule has 0 N–H and O–H groups in total. The summed E-state index contributed by atoms with van der Waals surface area (Å²) in [5.41, 5.74) is 0. The zero-order valence-corrected chi connectivity index (χ0v) is 8.90. The highest BCUT2D eigenvalue weighted by Crippen LogP contribution is 2.39. The van der Waals surface area contributed by atoms with Gasteiger partial charge in [-0.05, 0) is 23.9 Å². The molecule has 0 amide bonds. The smallest absolute Gasteiger partial charge is 0.224 e. The molecule has 2 atom stereocenters. The van der Waals surface area contributed by atoms with E-state index in [1.165, 1.54) is 0 Å². The van der Waals surface area contributed by atoms with Gasteiger partial charge in [0.25, 0.3) is 0 Å². The van der Waals surface area contributed by atoms with Crippen LogP contribution in [0.4, 0.5) is 0 Å². The predicted octanol–water partition coefficient (Wildman–Crippen LogP) is 3.46. The molecule has 1 rings (SSSR count).